The number of anilines is 2. The van der Waals surface area contributed by atoms with Crippen molar-refractivity contribution >= 4 is 40.5 Å². The number of pyridine rings is 1. The first-order chi connectivity index (χ1) is 20.7. The molecule has 2 unspecified atom stereocenters. The maximum absolute atomic E-state index is 12.9. The summed E-state index contributed by atoms with van der Waals surface area (Å²) in [4.78, 5) is 25.1. The van der Waals surface area contributed by atoms with E-state index in [1.54, 1.807) is 6.08 Å². The number of carbonyl (C=O) groups excluding carboxylic acids is 1. The van der Waals surface area contributed by atoms with E-state index in [2.05, 4.69) is 25.4 Å². The Morgan fingerprint density at radius 2 is 2.05 bits per heavy atom. The van der Waals surface area contributed by atoms with E-state index < -0.39 is 5.60 Å². The molecule has 12 nitrogen and oxygen atoms in total. The molecule has 1 amide bonds. The molecule has 3 fully saturated rings. The van der Waals surface area contributed by atoms with Gasteiger partial charge in [0.1, 0.15) is 11.7 Å². The van der Waals surface area contributed by atoms with Crippen LogP contribution in [0.4, 0.5) is 15.6 Å². The zero-order valence-corrected chi connectivity index (χ0v) is 25.3. The predicted molar refractivity (Wildman–Crippen MR) is 165 cm³/mol. The minimum Gasteiger partial charge on any atom is -0.444 e. The van der Waals surface area contributed by atoms with Gasteiger partial charge in [0.25, 0.3) is 0 Å². The number of ether oxygens (including phenoxy) is 2. The standard InChI is InChI=1S/C30H35N9O3S/c1-30(2,3)42-29(40)39-21-5-6-22(39)16-38(15-21)28-37-36-27(43-28)23-14-33-26(11-25(23)35-20-8-9-41-17-20)24-7-4-19(34-24)10-18(12-31)13-32/h4,7,10-12,14,20-22,31,34H,5-6,8-9,15-17H2,1-3H3,(H,33,35)/b18-10+,31-12?/t20-,21?,22?/m0/s1. The Hall–Kier alpha value is -4.28. The summed E-state index contributed by atoms with van der Waals surface area (Å²) in [5.41, 5.74) is 3.73. The lowest BCUT2D eigenvalue weighted by molar-refractivity contribution is 0.0123. The van der Waals surface area contributed by atoms with Gasteiger partial charge in [-0.25, -0.2) is 4.79 Å². The summed E-state index contributed by atoms with van der Waals surface area (Å²) >= 11 is 1.52. The van der Waals surface area contributed by atoms with Crippen molar-refractivity contribution < 1.29 is 14.3 Å². The minimum atomic E-state index is -0.524. The summed E-state index contributed by atoms with van der Waals surface area (Å²) in [5.74, 6) is 0. The molecule has 3 saturated heterocycles. The molecule has 6 rings (SSSR count). The van der Waals surface area contributed by atoms with Gasteiger partial charge in [-0.1, -0.05) is 11.3 Å². The Balaban J connectivity index is 1.24. The number of hydrogen-bond acceptors (Lipinski definition) is 11. The number of nitrogens with zero attached hydrogens (tertiary/aromatic N) is 6. The Morgan fingerprint density at radius 3 is 2.72 bits per heavy atom. The molecule has 0 aromatic carbocycles. The molecule has 224 valence electrons. The third-order valence-corrected chi connectivity index (χ3v) is 8.79. The molecular formula is C30H35N9O3S. The largest absolute Gasteiger partial charge is 0.444 e. The van der Waals surface area contributed by atoms with Crippen molar-refractivity contribution in [1.29, 1.82) is 10.7 Å². The molecule has 0 saturated carbocycles. The Kier molecular flexibility index (Phi) is 7.89. The first-order valence-corrected chi connectivity index (χ1v) is 15.3. The van der Waals surface area contributed by atoms with Crippen LogP contribution in [0, 0.1) is 16.7 Å². The van der Waals surface area contributed by atoms with Gasteiger partial charge in [-0.2, -0.15) is 5.26 Å². The highest BCUT2D eigenvalue weighted by molar-refractivity contribution is 7.18. The van der Waals surface area contributed by atoms with Gasteiger partial charge in [-0.05, 0) is 64.3 Å². The first kappa shape index (κ1) is 28.8. The summed E-state index contributed by atoms with van der Waals surface area (Å²) in [6, 6.07) is 8.10. The van der Waals surface area contributed by atoms with E-state index in [9.17, 15) is 4.79 Å². The topological polar surface area (TPSA) is 156 Å². The maximum atomic E-state index is 12.9. The number of aromatic nitrogens is 4. The van der Waals surface area contributed by atoms with Crippen molar-refractivity contribution in [2.24, 2.45) is 0 Å². The molecule has 3 N–H and O–H groups in total. The molecule has 3 aliphatic heterocycles. The number of rotatable bonds is 7. The van der Waals surface area contributed by atoms with Gasteiger partial charge in [-0.3, -0.25) is 9.88 Å². The molecule has 2 bridgehead atoms. The van der Waals surface area contributed by atoms with Gasteiger partial charge < -0.3 is 30.1 Å². The zero-order chi connectivity index (χ0) is 30.1. The number of allylic oxidation sites excluding steroid dienone is 1. The van der Waals surface area contributed by atoms with E-state index in [0.717, 1.165) is 58.3 Å². The number of hydrogen-bond donors (Lipinski definition) is 3. The van der Waals surface area contributed by atoms with Crippen LogP contribution in [0.25, 0.3) is 28.0 Å². The summed E-state index contributed by atoms with van der Waals surface area (Å²) < 4.78 is 11.3. The van der Waals surface area contributed by atoms with Gasteiger partial charge in [-0.15, -0.1) is 10.2 Å². The molecule has 3 aromatic heterocycles. The van der Waals surface area contributed by atoms with Crippen LogP contribution in [0.3, 0.4) is 0 Å². The van der Waals surface area contributed by atoms with E-state index in [0.29, 0.717) is 32.0 Å². The first-order valence-electron chi connectivity index (χ1n) is 14.5. The maximum Gasteiger partial charge on any atom is 0.410 e. The van der Waals surface area contributed by atoms with Crippen LogP contribution in [-0.4, -0.2) is 87.4 Å². The Labute approximate surface area is 254 Å². The molecule has 6 heterocycles. The van der Waals surface area contributed by atoms with E-state index in [4.69, 9.17) is 25.1 Å². The van der Waals surface area contributed by atoms with Crippen LogP contribution in [0.1, 0.15) is 45.7 Å². The fraction of sp³-hybridized carbons (Fsp3) is 0.467. The second kappa shape index (κ2) is 11.8. The molecule has 13 heteroatoms. The second-order valence-corrected chi connectivity index (χ2v) is 13.0. The van der Waals surface area contributed by atoms with E-state index >= 15 is 0 Å². The highest BCUT2D eigenvalue weighted by atomic mass is 32.1. The van der Waals surface area contributed by atoms with Crippen LogP contribution in [0.2, 0.25) is 0 Å². The van der Waals surface area contributed by atoms with Crippen molar-refractivity contribution in [3.05, 3.63) is 35.7 Å². The number of nitrogens with one attached hydrogen (secondary N) is 3. The van der Waals surface area contributed by atoms with Gasteiger partial charge in [0.2, 0.25) is 5.13 Å². The lowest BCUT2D eigenvalue weighted by atomic mass is 10.1. The zero-order valence-electron chi connectivity index (χ0n) is 24.5. The van der Waals surface area contributed by atoms with E-state index in [-0.39, 0.29) is 29.8 Å². The number of aromatic amines is 1. The average Bonchev–Trinajstić information content (AvgIpc) is 3.78. The quantitative estimate of drug-likeness (QED) is 0.252. The van der Waals surface area contributed by atoms with Gasteiger partial charge in [0.05, 0.1) is 47.3 Å². The third kappa shape index (κ3) is 6.25. The lowest BCUT2D eigenvalue weighted by Crippen LogP contribution is -2.56. The SMILES string of the molecule is CC(C)(C)OC(=O)N1C2CCC1CN(c1nnc(-c3cnc(-c4ccc(/C=C(/C#N)C=N)[nH]4)cc3N[C@H]3CCOC3)s1)C2. The lowest BCUT2D eigenvalue weighted by Gasteiger charge is -2.41. The summed E-state index contributed by atoms with van der Waals surface area (Å²) in [7, 11) is 0. The number of H-pyrrole nitrogens is 1. The number of carbonyl (C=O) groups is 1. The monoisotopic (exact) mass is 601 g/mol. The van der Waals surface area contributed by atoms with Crippen LogP contribution >= 0.6 is 11.3 Å². The molecule has 3 aromatic rings. The highest BCUT2D eigenvalue weighted by Gasteiger charge is 2.45. The van der Waals surface area contributed by atoms with Gasteiger partial charge in [0, 0.05) is 43.5 Å². The molecule has 43 heavy (non-hydrogen) atoms. The normalized spacial score (nSPS) is 22.0. The number of fused-ring (bicyclic) bond motifs is 2. The van der Waals surface area contributed by atoms with Crippen molar-refractivity contribution in [2.45, 2.75) is 63.8 Å². The molecule has 0 spiro atoms. The molecule has 0 radical (unpaired) electrons. The van der Waals surface area contributed by atoms with Crippen LogP contribution in [0.15, 0.2) is 30.0 Å². The van der Waals surface area contributed by atoms with E-state index in [1.165, 1.54) is 11.3 Å². The third-order valence-electron chi connectivity index (χ3n) is 7.78. The average molecular weight is 602 g/mol. The van der Waals surface area contributed by atoms with Gasteiger partial charge >= 0.3 is 6.09 Å². The second-order valence-electron chi connectivity index (χ2n) is 12.1. The summed E-state index contributed by atoms with van der Waals surface area (Å²) in [6.07, 6.45) is 7.04. The summed E-state index contributed by atoms with van der Waals surface area (Å²) in [6.45, 7) is 8.42. The minimum absolute atomic E-state index is 0.0882. The number of nitriles is 1. The molecular weight excluding hydrogens is 566 g/mol. The fourth-order valence-corrected chi connectivity index (χ4v) is 6.69. The van der Waals surface area contributed by atoms with Crippen molar-refractivity contribution in [3.63, 3.8) is 0 Å². The van der Waals surface area contributed by atoms with E-state index in [1.807, 2.05) is 56.1 Å². The number of amides is 1. The van der Waals surface area contributed by atoms with Crippen LogP contribution in [0.5, 0.6) is 0 Å². The molecule has 3 aliphatic rings. The van der Waals surface area contributed by atoms with Gasteiger partial charge in [0.15, 0.2) is 5.01 Å². The van der Waals surface area contributed by atoms with Crippen molar-refractivity contribution in [3.8, 4) is 28.0 Å². The Bertz CT molecular complexity index is 1560. The predicted octanol–water partition coefficient (Wildman–Crippen LogP) is 4.94. The van der Waals surface area contributed by atoms with Crippen molar-refractivity contribution in [1.82, 2.24) is 25.1 Å². The fourth-order valence-electron chi connectivity index (χ4n) is 5.80. The number of piperazine rings is 1. The smallest absolute Gasteiger partial charge is 0.410 e. The highest BCUT2D eigenvalue weighted by Crippen LogP contribution is 2.39. The molecule has 3 atom stereocenters. The van der Waals surface area contributed by atoms with Crippen LogP contribution < -0.4 is 10.2 Å². The van der Waals surface area contributed by atoms with Crippen molar-refractivity contribution in [2.75, 3.05) is 36.5 Å². The molecule has 0 aliphatic carbocycles. The Morgan fingerprint density at radius 1 is 1.26 bits per heavy atom. The summed E-state index contributed by atoms with van der Waals surface area (Å²) in [5, 5.41) is 30.9. The van der Waals surface area contributed by atoms with Crippen LogP contribution in [-0.2, 0) is 9.47 Å².